The highest BCUT2D eigenvalue weighted by Crippen LogP contribution is 2.38. The van der Waals surface area contributed by atoms with Crippen LogP contribution in [0.2, 0.25) is 0 Å². The van der Waals surface area contributed by atoms with Gasteiger partial charge in [-0.1, -0.05) is 12.1 Å². The summed E-state index contributed by atoms with van der Waals surface area (Å²) in [6, 6.07) is 7.30. The first-order chi connectivity index (χ1) is 8.63. The maximum absolute atomic E-state index is 12.0. The lowest BCUT2D eigenvalue weighted by Gasteiger charge is -2.33. The number of aliphatic hydroxyl groups excluding tert-OH is 1. The molecule has 96 valence electrons. The number of rotatable bonds is 3. The lowest BCUT2D eigenvalue weighted by atomic mass is 10.0. The third-order valence-corrected chi connectivity index (χ3v) is 3.79. The maximum atomic E-state index is 12.0. The molecule has 0 aliphatic carbocycles. The van der Waals surface area contributed by atoms with Crippen molar-refractivity contribution in [2.75, 3.05) is 18.2 Å². The number of anilines is 1. The minimum Gasteiger partial charge on any atom is -0.507 e. The summed E-state index contributed by atoms with van der Waals surface area (Å²) >= 11 is 1.29. The highest BCUT2D eigenvalue weighted by molar-refractivity contribution is 8.01. The van der Waals surface area contributed by atoms with Crippen molar-refractivity contribution < 1.29 is 14.6 Å². The van der Waals surface area contributed by atoms with Crippen LogP contribution < -0.4 is 5.32 Å². The summed E-state index contributed by atoms with van der Waals surface area (Å²) in [6.07, 6.45) is 3.29. The molecule has 18 heavy (non-hydrogen) atoms. The zero-order valence-corrected chi connectivity index (χ0v) is 11.1. The first-order valence-electron chi connectivity index (χ1n) is 5.64. The molecule has 1 unspecified atom stereocenters. The van der Waals surface area contributed by atoms with Crippen LogP contribution >= 0.6 is 11.8 Å². The summed E-state index contributed by atoms with van der Waals surface area (Å²) in [4.78, 5) is 11.0. The molecule has 4 nitrogen and oxygen atoms in total. The number of thioether (sulfide) groups is 1. The van der Waals surface area contributed by atoms with Crippen molar-refractivity contribution in [2.45, 2.75) is 11.8 Å². The molecular weight excluding hydrogens is 250 g/mol. The van der Waals surface area contributed by atoms with Gasteiger partial charge in [0, 0.05) is 17.3 Å². The second-order valence-electron chi connectivity index (χ2n) is 3.86. The lowest BCUT2D eigenvalue weighted by Crippen LogP contribution is -2.44. The van der Waals surface area contributed by atoms with Crippen molar-refractivity contribution in [1.29, 1.82) is 0 Å². The first-order valence-corrected chi connectivity index (χ1v) is 6.87. The molecular formula is C13H15NO3S. The Morgan fingerprint density at radius 1 is 1.50 bits per heavy atom. The largest absolute Gasteiger partial charge is 0.507 e. The van der Waals surface area contributed by atoms with Crippen LogP contribution in [-0.4, -0.2) is 28.8 Å². The Labute approximate surface area is 110 Å². The van der Waals surface area contributed by atoms with Crippen LogP contribution in [-0.2, 0) is 9.53 Å². The van der Waals surface area contributed by atoms with Crippen LogP contribution in [0.4, 0.5) is 5.69 Å². The summed E-state index contributed by atoms with van der Waals surface area (Å²) in [5, 5.41) is 13.2. The van der Waals surface area contributed by atoms with Crippen molar-refractivity contribution >= 4 is 29.2 Å². The number of ether oxygens (including phenoxy) is 1. The number of benzene rings is 1. The van der Waals surface area contributed by atoms with Crippen molar-refractivity contribution in [3.8, 4) is 0 Å². The van der Waals surface area contributed by atoms with Gasteiger partial charge in [0.05, 0.1) is 6.61 Å². The molecule has 1 aromatic rings. The van der Waals surface area contributed by atoms with E-state index in [4.69, 9.17) is 4.74 Å². The standard InChI is InChI=1S/C13H15NO3S/c1-3-17-12(16)13(18-2)8-11(15)9-6-4-5-7-10(9)14-13/h4-8,14-15H,3H2,1-2H3. The average Bonchev–Trinajstić information content (AvgIpc) is 2.39. The molecule has 2 N–H and O–H groups in total. The van der Waals surface area contributed by atoms with Gasteiger partial charge in [0.25, 0.3) is 0 Å². The van der Waals surface area contributed by atoms with Crippen molar-refractivity contribution in [3.05, 3.63) is 35.9 Å². The normalized spacial score (nSPS) is 21.6. The number of hydrogen-bond acceptors (Lipinski definition) is 5. The summed E-state index contributed by atoms with van der Waals surface area (Å²) < 4.78 is 5.06. The molecule has 0 amide bonds. The number of carbonyl (C=O) groups excluding carboxylic acids is 1. The predicted molar refractivity (Wildman–Crippen MR) is 73.5 cm³/mol. The van der Waals surface area contributed by atoms with E-state index in [1.807, 2.05) is 18.2 Å². The third-order valence-electron chi connectivity index (χ3n) is 2.76. The topological polar surface area (TPSA) is 58.6 Å². The quantitative estimate of drug-likeness (QED) is 0.823. The highest BCUT2D eigenvalue weighted by atomic mass is 32.2. The molecule has 0 saturated heterocycles. The molecule has 5 heteroatoms. The molecule has 0 fully saturated rings. The Balaban J connectivity index is 2.43. The molecule has 1 heterocycles. The van der Waals surface area contributed by atoms with E-state index in [0.717, 1.165) is 5.69 Å². The molecule has 1 aromatic carbocycles. The van der Waals surface area contributed by atoms with Crippen LogP contribution in [0, 0.1) is 0 Å². The summed E-state index contributed by atoms with van der Waals surface area (Å²) in [5.41, 5.74) is 1.41. The lowest BCUT2D eigenvalue weighted by molar-refractivity contribution is -0.143. The summed E-state index contributed by atoms with van der Waals surface area (Å²) in [6.45, 7) is 2.06. The highest BCUT2D eigenvalue weighted by Gasteiger charge is 2.41. The molecule has 1 aliphatic rings. The van der Waals surface area contributed by atoms with Crippen LogP contribution in [0.15, 0.2) is 30.3 Å². The Bertz CT molecular complexity index is 501. The molecule has 1 aliphatic heterocycles. The van der Waals surface area contributed by atoms with Crippen molar-refractivity contribution in [3.63, 3.8) is 0 Å². The van der Waals surface area contributed by atoms with Crippen LogP contribution in [0.3, 0.4) is 0 Å². The van der Waals surface area contributed by atoms with Gasteiger partial charge in [0.15, 0.2) is 0 Å². The minimum atomic E-state index is -1.06. The average molecular weight is 265 g/mol. The fourth-order valence-corrected chi connectivity index (χ4v) is 2.53. The number of nitrogens with one attached hydrogen (secondary N) is 1. The Morgan fingerprint density at radius 2 is 2.22 bits per heavy atom. The fourth-order valence-electron chi connectivity index (χ4n) is 1.86. The zero-order valence-electron chi connectivity index (χ0n) is 10.3. The van der Waals surface area contributed by atoms with Gasteiger partial charge in [-0.15, -0.1) is 11.8 Å². The molecule has 0 bridgehead atoms. The number of carbonyl (C=O) groups is 1. The maximum Gasteiger partial charge on any atom is 0.346 e. The number of aliphatic hydroxyl groups is 1. The molecule has 2 rings (SSSR count). The second-order valence-corrected chi connectivity index (χ2v) is 4.91. The number of esters is 1. The molecule has 0 aromatic heterocycles. The fraction of sp³-hybridized carbons (Fsp3) is 0.308. The van der Waals surface area contributed by atoms with Gasteiger partial charge in [-0.25, -0.2) is 4.79 Å². The molecule has 0 radical (unpaired) electrons. The number of fused-ring (bicyclic) bond motifs is 1. The van der Waals surface area contributed by atoms with Gasteiger partial charge in [-0.2, -0.15) is 0 Å². The van der Waals surface area contributed by atoms with E-state index >= 15 is 0 Å². The second kappa shape index (κ2) is 4.94. The van der Waals surface area contributed by atoms with Gasteiger partial charge >= 0.3 is 5.97 Å². The van der Waals surface area contributed by atoms with E-state index in [0.29, 0.717) is 12.2 Å². The zero-order chi connectivity index (χ0) is 13.2. The van der Waals surface area contributed by atoms with Crippen molar-refractivity contribution in [2.24, 2.45) is 0 Å². The monoisotopic (exact) mass is 265 g/mol. The van der Waals surface area contributed by atoms with Gasteiger partial charge in [-0.3, -0.25) is 0 Å². The van der Waals surface area contributed by atoms with E-state index in [1.165, 1.54) is 17.8 Å². The van der Waals surface area contributed by atoms with E-state index in [9.17, 15) is 9.90 Å². The van der Waals surface area contributed by atoms with E-state index < -0.39 is 10.8 Å². The van der Waals surface area contributed by atoms with E-state index in [-0.39, 0.29) is 5.76 Å². The SMILES string of the molecule is CCOC(=O)C1(SC)C=C(O)c2ccccc2N1. The number of para-hydroxylation sites is 1. The van der Waals surface area contributed by atoms with Gasteiger partial charge < -0.3 is 15.2 Å². The molecule has 0 spiro atoms. The van der Waals surface area contributed by atoms with Gasteiger partial charge in [0.2, 0.25) is 4.87 Å². The summed E-state index contributed by atoms with van der Waals surface area (Å²) in [7, 11) is 0. The minimum absolute atomic E-state index is 0.0896. The summed E-state index contributed by atoms with van der Waals surface area (Å²) in [5.74, 6) is -0.315. The Kier molecular flexibility index (Phi) is 3.52. The third kappa shape index (κ3) is 2.06. The van der Waals surface area contributed by atoms with E-state index in [1.54, 1.807) is 19.2 Å². The van der Waals surface area contributed by atoms with Crippen molar-refractivity contribution in [1.82, 2.24) is 0 Å². The smallest absolute Gasteiger partial charge is 0.346 e. The van der Waals surface area contributed by atoms with Gasteiger partial charge in [-0.05, 0) is 25.3 Å². The van der Waals surface area contributed by atoms with Crippen LogP contribution in [0.25, 0.3) is 5.76 Å². The number of hydrogen-bond donors (Lipinski definition) is 2. The molecule has 0 saturated carbocycles. The van der Waals surface area contributed by atoms with Gasteiger partial charge in [0.1, 0.15) is 5.76 Å². The molecule has 1 atom stereocenters. The Morgan fingerprint density at radius 3 is 2.89 bits per heavy atom. The first kappa shape index (κ1) is 12.8. The van der Waals surface area contributed by atoms with E-state index in [2.05, 4.69) is 5.32 Å². The Hall–Kier alpha value is -1.62. The van der Waals surface area contributed by atoms with Crippen LogP contribution in [0.5, 0.6) is 0 Å². The van der Waals surface area contributed by atoms with Crippen LogP contribution in [0.1, 0.15) is 12.5 Å². The predicted octanol–water partition coefficient (Wildman–Crippen LogP) is 2.63.